The Bertz CT molecular complexity index is 854. The summed E-state index contributed by atoms with van der Waals surface area (Å²) in [6.07, 6.45) is 3.50. The summed E-state index contributed by atoms with van der Waals surface area (Å²) in [6, 6.07) is 8.53. The molecule has 0 saturated carbocycles. The summed E-state index contributed by atoms with van der Waals surface area (Å²) in [6.45, 7) is 0. The smallest absolute Gasteiger partial charge is 0.335 e. The van der Waals surface area contributed by atoms with Crippen LogP contribution < -0.4 is 9.47 Å². The highest BCUT2D eigenvalue weighted by Gasteiger charge is 2.12. The third-order valence-electron chi connectivity index (χ3n) is 3.39. The molecule has 0 aliphatic carbocycles. The van der Waals surface area contributed by atoms with Crippen molar-refractivity contribution >= 4 is 11.6 Å². The molecule has 6 heteroatoms. The maximum absolute atomic E-state index is 11.0. The Morgan fingerprint density at radius 2 is 2.00 bits per heavy atom. The summed E-state index contributed by atoms with van der Waals surface area (Å²) in [4.78, 5) is 15.5. The van der Waals surface area contributed by atoms with Crippen molar-refractivity contribution in [3.8, 4) is 22.8 Å². The monoisotopic (exact) mass is 298 g/mol. The number of carboxylic acids is 1. The average molecular weight is 298 g/mol. The van der Waals surface area contributed by atoms with Crippen molar-refractivity contribution in [2.45, 2.75) is 0 Å². The van der Waals surface area contributed by atoms with Gasteiger partial charge in [0.2, 0.25) is 0 Å². The molecule has 0 amide bonds. The van der Waals surface area contributed by atoms with E-state index in [9.17, 15) is 4.79 Å². The highest BCUT2D eigenvalue weighted by Crippen LogP contribution is 2.32. The number of ether oxygens (including phenoxy) is 2. The van der Waals surface area contributed by atoms with Crippen LogP contribution in [0.3, 0.4) is 0 Å². The first-order valence-electron chi connectivity index (χ1n) is 6.57. The lowest BCUT2D eigenvalue weighted by atomic mass is 10.1. The molecule has 3 aromatic rings. The lowest BCUT2D eigenvalue weighted by Crippen LogP contribution is -1.96. The van der Waals surface area contributed by atoms with E-state index in [0.717, 1.165) is 5.56 Å². The van der Waals surface area contributed by atoms with E-state index in [2.05, 4.69) is 4.98 Å². The van der Waals surface area contributed by atoms with Crippen molar-refractivity contribution in [2.75, 3.05) is 14.2 Å². The Morgan fingerprint density at radius 1 is 1.18 bits per heavy atom. The number of hydrogen-bond donors (Lipinski definition) is 1. The van der Waals surface area contributed by atoms with Gasteiger partial charge in [-0.3, -0.25) is 0 Å². The third-order valence-corrected chi connectivity index (χ3v) is 3.39. The van der Waals surface area contributed by atoms with Gasteiger partial charge in [0, 0.05) is 24.0 Å². The van der Waals surface area contributed by atoms with E-state index in [1.807, 2.05) is 18.3 Å². The predicted octanol–water partition coefficient (Wildman–Crippen LogP) is 2.72. The van der Waals surface area contributed by atoms with Crippen LogP contribution in [-0.4, -0.2) is 34.7 Å². The number of hydrogen-bond acceptors (Lipinski definition) is 4. The molecule has 22 heavy (non-hydrogen) atoms. The highest BCUT2D eigenvalue weighted by molar-refractivity contribution is 5.88. The van der Waals surface area contributed by atoms with E-state index >= 15 is 0 Å². The van der Waals surface area contributed by atoms with Crippen molar-refractivity contribution in [1.29, 1.82) is 0 Å². The number of aromatic carboxylic acids is 1. The molecule has 0 spiro atoms. The summed E-state index contributed by atoms with van der Waals surface area (Å²) < 4.78 is 12.3. The van der Waals surface area contributed by atoms with Gasteiger partial charge in [-0.25, -0.2) is 9.78 Å². The Kier molecular flexibility index (Phi) is 3.42. The molecule has 0 fully saturated rings. The summed E-state index contributed by atoms with van der Waals surface area (Å²) in [7, 11) is 3.17. The molecule has 1 aromatic carbocycles. The number of nitrogens with zero attached hydrogens (tertiary/aromatic N) is 2. The van der Waals surface area contributed by atoms with Gasteiger partial charge in [-0.2, -0.15) is 0 Å². The molecule has 0 atom stereocenters. The molecule has 6 nitrogen and oxygen atoms in total. The van der Waals surface area contributed by atoms with E-state index in [1.54, 1.807) is 30.9 Å². The van der Waals surface area contributed by atoms with Gasteiger partial charge in [0.05, 0.1) is 25.5 Å². The molecule has 0 aliphatic heterocycles. The number of carboxylic acid groups (broad SMARTS) is 1. The first-order valence-corrected chi connectivity index (χ1v) is 6.57. The number of fused-ring (bicyclic) bond motifs is 1. The zero-order valence-corrected chi connectivity index (χ0v) is 12.1. The van der Waals surface area contributed by atoms with Crippen LogP contribution >= 0.6 is 0 Å². The second-order valence-corrected chi connectivity index (χ2v) is 4.68. The number of imidazole rings is 1. The fourth-order valence-electron chi connectivity index (χ4n) is 2.25. The number of aromatic nitrogens is 2. The van der Waals surface area contributed by atoms with Crippen LogP contribution in [-0.2, 0) is 0 Å². The SMILES string of the molecule is COc1ccc(-c2cn3ccc(C(=O)O)cc3n2)c(OC)c1. The predicted molar refractivity (Wildman–Crippen MR) is 80.7 cm³/mol. The van der Waals surface area contributed by atoms with Crippen molar-refractivity contribution in [2.24, 2.45) is 0 Å². The van der Waals surface area contributed by atoms with Gasteiger partial charge in [-0.05, 0) is 24.3 Å². The molecule has 1 N–H and O–H groups in total. The largest absolute Gasteiger partial charge is 0.497 e. The summed E-state index contributed by atoms with van der Waals surface area (Å²) >= 11 is 0. The zero-order valence-electron chi connectivity index (χ0n) is 12.1. The number of rotatable bonds is 4. The van der Waals surface area contributed by atoms with Crippen LogP contribution in [0.5, 0.6) is 11.5 Å². The molecule has 2 heterocycles. The van der Waals surface area contributed by atoms with Gasteiger partial charge >= 0.3 is 5.97 Å². The molecular formula is C16H14N2O4. The Balaban J connectivity index is 2.12. The van der Waals surface area contributed by atoms with Gasteiger partial charge in [-0.15, -0.1) is 0 Å². The Labute approximate surface area is 126 Å². The van der Waals surface area contributed by atoms with Crippen LogP contribution in [0.25, 0.3) is 16.9 Å². The Morgan fingerprint density at radius 3 is 2.68 bits per heavy atom. The van der Waals surface area contributed by atoms with Crippen LogP contribution in [0, 0.1) is 0 Å². The van der Waals surface area contributed by atoms with E-state index in [4.69, 9.17) is 14.6 Å². The van der Waals surface area contributed by atoms with E-state index in [1.165, 1.54) is 12.1 Å². The van der Waals surface area contributed by atoms with E-state index in [0.29, 0.717) is 22.8 Å². The summed E-state index contributed by atoms with van der Waals surface area (Å²) in [5, 5.41) is 9.04. The molecule has 112 valence electrons. The van der Waals surface area contributed by atoms with Crippen molar-refractivity contribution in [3.63, 3.8) is 0 Å². The fourth-order valence-corrected chi connectivity index (χ4v) is 2.25. The number of benzene rings is 1. The maximum atomic E-state index is 11.0. The fraction of sp³-hybridized carbons (Fsp3) is 0.125. The Hall–Kier alpha value is -3.02. The second kappa shape index (κ2) is 5.40. The van der Waals surface area contributed by atoms with Crippen LogP contribution in [0.2, 0.25) is 0 Å². The lowest BCUT2D eigenvalue weighted by Gasteiger charge is -2.08. The zero-order chi connectivity index (χ0) is 15.7. The number of carbonyl (C=O) groups is 1. The summed E-state index contributed by atoms with van der Waals surface area (Å²) in [5.41, 5.74) is 2.27. The molecule has 0 aliphatic rings. The van der Waals surface area contributed by atoms with Gasteiger partial charge in [-0.1, -0.05) is 0 Å². The molecule has 0 bridgehead atoms. The van der Waals surface area contributed by atoms with Crippen molar-refractivity contribution < 1.29 is 19.4 Å². The van der Waals surface area contributed by atoms with Gasteiger partial charge in [0.15, 0.2) is 0 Å². The minimum atomic E-state index is -0.978. The van der Waals surface area contributed by atoms with Crippen LogP contribution in [0.1, 0.15) is 10.4 Å². The minimum absolute atomic E-state index is 0.200. The van der Waals surface area contributed by atoms with Crippen molar-refractivity contribution in [3.05, 3.63) is 48.3 Å². The quantitative estimate of drug-likeness (QED) is 0.801. The molecule has 3 rings (SSSR count). The topological polar surface area (TPSA) is 73.1 Å². The van der Waals surface area contributed by atoms with Crippen molar-refractivity contribution in [1.82, 2.24) is 9.38 Å². The molecular weight excluding hydrogens is 284 g/mol. The molecule has 2 aromatic heterocycles. The third kappa shape index (κ3) is 2.35. The molecule has 0 saturated heterocycles. The van der Waals surface area contributed by atoms with Crippen LogP contribution in [0.4, 0.5) is 0 Å². The van der Waals surface area contributed by atoms with Crippen LogP contribution in [0.15, 0.2) is 42.7 Å². The van der Waals surface area contributed by atoms with Gasteiger partial charge in [0.25, 0.3) is 0 Å². The first-order chi connectivity index (χ1) is 10.6. The lowest BCUT2D eigenvalue weighted by molar-refractivity contribution is 0.0697. The second-order valence-electron chi connectivity index (χ2n) is 4.68. The van der Waals surface area contributed by atoms with Gasteiger partial charge in [0.1, 0.15) is 17.1 Å². The van der Waals surface area contributed by atoms with E-state index < -0.39 is 5.97 Å². The number of methoxy groups -OCH3 is 2. The standard InChI is InChI=1S/C16H14N2O4/c1-21-11-3-4-12(14(8-11)22-2)13-9-18-6-5-10(16(19)20)7-15(18)17-13/h3-9H,1-2H3,(H,19,20). The van der Waals surface area contributed by atoms with Gasteiger partial charge < -0.3 is 19.0 Å². The molecule has 0 unspecified atom stereocenters. The highest BCUT2D eigenvalue weighted by atomic mass is 16.5. The maximum Gasteiger partial charge on any atom is 0.335 e. The summed E-state index contributed by atoms with van der Waals surface area (Å²) in [5.74, 6) is 0.354. The molecule has 0 radical (unpaired) electrons. The first kappa shape index (κ1) is 13.9. The van der Waals surface area contributed by atoms with E-state index in [-0.39, 0.29) is 5.56 Å². The number of pyridine rings is 1. The normalized spacial score (nSPS) is 10.6. The minimum Gasteiger partial charge on any atom is -0.497 e. The average Bonchev–Trinajstić information content (AvgIpc) is 2.96.